The van der Waals surface area contributed by atoms with Crippen LogP contribution in [0.5, 0.6) is 0 Å². The van der Waals surface area contributed by atoms with Crippen LogP contribution in [0.1, 0.15) is 46.1 Å². The molecule has 1 rings (SSSR count). The number of ether oxygens (including phenoxy) is 1. The van der Waals surface area contributed by atoms with Crippen LogP contribution in [-0.2, 0) is 29.9 Å². The van der Waals surface area contributed by atoms with Crippen molar-refractivity contribution in [3.8, 4) is 0 Å². The van der Waals surface area contributed by atoms with Crippen molar-refractivity contribution in [3.63, 3.8) is 0 Å². The van der Waals surface area contributed by atoms with Gasteiger partial charge >= 0.3 is 72.8 Å². The molecular weight excluding hydrogens is 711 g/mol. The number of nitrogens with zero attached hydrogens (tertiary/aromatic N) is 2. The first kappa shape index (κ1) is 48.3. The summed E-state index contributed by atoms with van der Waals surface area (Å²) in [6.45, 7) is 6.50. The summed E-state index contributed by atoms with van der Waals surface area (Å²) in [7, 11) is -12.0. The zero-order valence-electron chi connectivity index (χ0n) is 26.9. The Balaban J connectivity index is 0. The summed E-state index contributed by atoms with van der Waals surface area (Å²) < 4.78 is 28.1. The predicted molar refractivity (Wildman–Crippen MR) is 161 cm³/mol. The van der Waals surface area contributed by atoms with Crippen molar-refractivity contribution in [2.45, 2.75) is 69.7 Å². The number of carbonyl (C=O) groups excluding carboxylic acids is 3. The summed E-state index contributed by atoms with van der Waals surface area (Å²) in [4.78, 5) is 82.8. The third-order valence-electron chi connectivity index (χ3n) is 6.27. The molecule has 0 heterocycles. The summed E-state index contributed by atoms with van der Waals surface area (Å²) in [5, 5.41) is 8.27. The second-order valence-electron chi connectivity index (χ2n) is 10.9. The van der Waals surface area contributed by atoms with Crippen LogP contribution in [-0.4, -0.2) is 91.9 Å². The second kappa shape index (κ2) is 20.8. The summed E-state index contributed by atoms with van der Waals surface area (Å²) in [6, 6.07) is 4.31. The van der Waals surface area contributed by atoms with E-state index in [-0.39, 0.29) is 65.5 Å². The Hall–Kier alpha value is 0.230. The number of rotatable bonds is 16. The van der Waals surface area contributed by atoms with Gasteiger partial charge in [-0.15, -0.1) is 23.2 Å². The largest absolute Gasteiger partial charge is 1.00 e. The molecule has 46 heavy (non-hydrogen) atoms. The number of nitrogens with two attached hydrogens (primary N) is 1. The van der Waals surface area contributed by atoms with E-state index in [9.17, 15) is 48.2 Å². The third kappa shape index (κ3) is 14.6. The van der Waals surface area contributed by atoms with Crippen molar-refractivity contribution in [3.05, 3.63) is 29.8 Å². The molecular formula is C25H40Cl2N4Na2O11P2. The molecule has 0 spiro atoms. The minimum Gasteiger partial charge on any atom is -0.808 e. The van der Waals surface area contributed by atoms with E-state index < -0.39 is 75.3 Å². The number of halogens is 2. The SMILES string of the molecule is C[C@@H](C(=O)NCCCC(O)(P(=O)([O-])[O-])P(=O)(O)O)N(C(=O)OC(C)(C)C)C(=O)[C@@H](N)Cc1ccc(N(CCCl)CCCl)cc1.[Na+].[Na+]. The van der Waals surface area contributed by atoms with Crippen molar-refractivity contribution >= 4 is 62.0 Å². The Bertz CT molecular complexity index is 1210. The van der Waals surface area contributed by atoms with Gasteiger partial charge in [0, 0.05) is 37.1 Å². The normalized spacial score (nSPS) is 14.4. The maximum Gasteiger partial charge on any atom is 1.00 e. The zero-order valence-corrected chi connectivity index (χ0v) is 34.2. The van der Waals surface area contributed by atoms with Crippen LogP contribution in [0, 0.1) is 0 Å². The van der Waals surface area contributed by atoms with Crippen LogP contribution in [0.4, 0.5) is 10.5 Å². The number of nitrogens with one attached hydrogen (secondary N) is 1. The smallest absolute Gasteiger partial charge is 0.808 e. The van der Waals surface area contributed by atoms with E-state index in [0.29, 0.717) is 35.3 Å². The summed E-state index contributed by atoms with van der Waals surface area (Å²) in [6.07, 6.45) is -2.92. The van der Waals surface area contributed by atoms with Gasteiger partial charge < -0.3 is 49.9 Å². The number of amides is 3. The standard InChI is InChI=1S/C25H42Cl2N4O11P2.2Na/c1-17(21(32)29-13-5-10-25(35,43(36,37)38)44(39,40)41)31(23(34)42-24(2,3)4)22(33)20(28)16-18-6-8-19(9-7-18)30(14-11-26)15-12-27;;/h6-9,17,20,35H,5,10-16,28H2,1-4H3,(H,29,32)(H2,36,37,38)(H2,39,40,41);;/q;2*+1/p-2/t17-,20-;;/m0../s1. The molecule has 0 fully saturated rings. The molecule has 21 heteroatoms. The predicted octanol–water partition coefficient (Wildman–Crippen LogP) is -5.37. The van der Waals surface area contributed by atoms with Crippen molar-refractivity contribution < 1.29 is 112 Å². The van der Waals surface area contributed by atoms with Crippen LogP contribution in [0.3, 0.4) is 0 Å². The van der Waals surface area contributed by atoms with Crippen molar-refractivity contribution in [1.82, 2.24) is 10.2 Å². The van der Waals surface area contributed by atoms with E-state index in [1.165, 1.54) is 6.92 Å². The van der Waals surface area contributed by atoms with E-state index in [0.717, 1.165) is 5.69 Å². The topological polar surface area (TPSA) is 246 Å². The molecule has 0 aliphatic rings. The van der Waals surface area contributed by atoms with Crippen LogP contribution in [0.25, 0.3) is 0 Å². The minimum absolute atomic E-state index is 0. The average molecular weight is 751 g/mol. The van der Waals surface area contributed by atoms with Gasteiger partial charge in [0.15, 0.2) is 5.08 Å². The number of hydrogen-bond acceptors (Lipinski definition) is 11. The summed E-state index contributed by atoms with van der Waals surface area (Å²) in [5.41, 5.74) is 6.62. The fourth-order valence-corrected chi connectivity index (χ4v) is 6.50. The Labute approximate surface area is 323 Å². The maximum atomic E-state index is 13.4. The molecule has 15 nitrogen and oxygen atoms in total. The fraction of sp³-hybridized carbons (Fsp3) is 0.640. The summed E-state index contributed by atoms with van der Waals surface area (Å²) in [5.74, 6) is -1.09. The van der Waals surface area contributed by atoms with Gasteiger partial charge in [0.05, 0.1) is 6.04 Å². The van der Waals surface area contributed by atoms with Crippen molar-refractivity contribution in [1.29, 1.82) is 0 Å². The number of alkyl halides is 2. The molecule has 3 amide bonds. The monoisotopic (exact) mass is 750 g/mol. The van der Waals surface area contributed by atoms with Crippen molar-refractivity contribution in [2.24, 2.45) is 5.73 Å². The molecule has 0 bridgehead atoms. The van der Waals surface area contributed by atoms with Gasteiger partial charge in [0.2, 0.25) is 11.8 Å². The molecule has 3 atom stereocenters. The molecule has 0 aromatic heterocycles. The minimum atomic E-state index is -6.17. The molecule has 0 radical (unpaired) electrons. The van der Waals surface area contributed by atoms with E-state index in [1.54, 1.807) is 45.0 Å². The van der Waals surface area contributed by atoms with Gasteiger partial charge in [0.25, 0.3) is 0 Å². The quantitative estimate of drug-likeness (QED) is 0.0459. The van der Waals surface area contributed by atoms with Gasteiger partial charge in [-0.1, -0.05) is 12.1 Å². The zero-order chi connectivity index (χ0) is 34.1. The van der Waals surface area contributed by atoms with Crippen LogP contribution in [0.15, 0.2) is 24.3 Å². The fourth-order valence-electron chi connectivity index (χ4n) is 3.93. The molecule has 1 aromatic rings. The molecule has 0 aliphatic heterocycles. The molecule has 6 N–H and O–H groups in total. The maximum absolute atomic E-state index is 13.4. The first-order valence-electron chi connectivity index (χ1n) is 13.4. The van der Waals surface area contributed by atoms with E-state index in [2.05, 4.69) is 5.32 Å². The number of anilines is 1. The number of aliphatic hydroxyl groups is 1. The van der Waals surface area contributed by atoms with E-state index in [4.69, 9.17) is 33.7 Å². The molecule has 0 aliphatic carbocycles. The van der Waals surface area contributed by atoms with Gasteiger partial charge in [-0.05, 0) is 72.2 Å². The van der Waals surface area contributed by atoms with Gasteiger partial charge in [0.1, 0.15) is 11.6 Å². The summed E-state index contributed by atoms with van der Waals surface area (Å²) >= 11 is 11.7. The van der Waals surface area contributed by atoms with Crippen molar-refractivity contribution in [2.75, 3.05) is 36.3 Å². The molecule has 252 valence electrons. The second-order valence-corrected chi connectivity index (χ2v) is 15.6. The first-order chi connectivity index (χ1) is 20.1. The molecule has 0 saturated heterocycles. The van der Waals surface area contributed by atoms with Crippen LogP contribution in [0.2, 0.25) is 0 Å². The number of imide groups is 1. The van der Waals surface area contributed by atoms with E-state index in [1.807, 2.05) is 4.90 Å². The third-order valence-corrected chi connectivity index (χ3v) is 10.4. The Kier molecular flexibility index (Phi) is 21.9. The number of carbonyl (C=O) groups is 3. The molecule has 1 unspecified atom stereocenters. The molecule has 0 saturated carbocycles. The average Bonchev–Trinajstić information content (AvgIpc) is 2.88. The van der Waals surface area contributed by atoms with Gasteiger partial charge in [-0.25, -0.2) is 9.69 Å². The Morgan fingerprint density at radius 1 is 1.04 bits per heavy atom. The molecule has 1 aromatic carbocycles. The first-order valence-corrected chi connectivity index (χ1v) is 17.7. The van der Waals surface area contributed by atoms with E-state index >= 15 is 0 Å². The Morgan fingerprint density at radius 2 is 1.54 bits per heavy atom. The van der Waals surface area contributed by atoms with Gasteiger partial charge in [-0.2, -0.15) is 0 Å². The number of benzene rings is 1. The van der Waals surface area contributed by atoms with Crippen LogP contribution >= 0.6 is 38.4 Å². The number of hydrogen-bond donors (Lipinski definition) is 5. The van der Waals surface area contributed by atoms with Gasteiger partial charge in [-0.3, -0.25) is 14.2 Å². The Morgan fingerprint density at radius 3 is 1.96 bits per heavy atom. The van der Waals surface area contributed by atoms with Crippen LogP contribution < -0.4 is 84.9 Å².